The van der Waals surface area contributed by atoms with Crippen LogP contribution in [0.1, 0.15) is 37.9 Å². The standard InChI is InChI=1S/C27H18INO5/c1-14-10-12-15(13-11-14)22-20-21(26(33)29(25(20)32)19-9-5-4-8-18(19)28)27(34-22)23(30)16-6-2-3-7-17(16)24(27)31/h2-13,20-22H,1H3/t20-,21+,22-/m0/s1. The third kappa shape index (κ3) is 2.65. The Morgan fingerprint density at radius 1 is 0.794 bits per heavy atom. The summed E-state index contributed by atoms with van der Waals surface area (Å²) in [6, 6.07) is 20.9. The Morgan fingerprint density at radius 3 is 2.00 bits per heavy atom. The first-order valence-corrected chi connectivity index (χ1v) is 12.0. The lowest BCUT2D eigenvalue weighted by Crippen LogP contribution is -2.51. The van der Waals surface area contributed by atoms with Crippen LogP contribution in [0.25, 0.3) is 0 Å². The van der Waals surface area contributed by atoms with Crippen molar-refractivity contribution in [2.24, 2.45) is 11.8 Å². The van der Waals surface area contributed by atoms with Crippen molar-refractivity contribution in [1.29, 1.82) is 0 Å². The van der Waals surface area contributed by atoms with Crippen molar-refractivity contribution in [3.63, 3.8) is 0 Å². The van der Waals surface area contributed by atoms with Crippen molar-refractivity contribution >= 4 is 51.7 Å². The molecular formula is C27H18INO5. The number of nitrogens with zero attached hydrogens (tertiary/aromatic N) is 1. The Bertz CT molecular complexity index is 1380. The third-order valence-corrected chi connectivity index (χ3v) is 7.93. The number of fused-ring (bicyclic) bond motifs is 3. The second-order valence-corrected chi connectivity index (χ2v) is 10.0. The van der Waals surface area contributed by atoms with Crippen LogP contribution in [0.2, 0.25) is 0 Å². The molecule has 1 spiro atoms. The van der Waals surface area contributed by atoms with Gasteiger partial charge in [0, 0.05) is 14.7 Å². The van der Waals surface area contributed by atoms with E-state index in [0.29, 0.717) is 11.3 Å². The number of benzene rings is 3. The van der Waals surface area contributed by atoms with Gasteiger partial charge < -0.3 is 4.74 Å². The van der Waals surface area contributed by atoms with Crippen LogP contribution in [0.3, 0.4) is 0 Å². The number of amides is 2. The molecule has 2 heterocycles. The molecule has 7 heteroatoms. The van der Waals surface area contributed by atoms with Gasteiger partial charge in [-0.3, -0.25) is 19.2 Å². The number of carbonyl (C=O) groups excluding carboxylic acids is 4. The SMILES string of the molecule is Cc1ccc([C@@H]2OC3(C(=O)c4ccccc4C3=O)[C@H]3C(=O)N(c4ccccc4I)C(=O)[C@H]23)cc1. The Hall–Kier alpha value is -3.17. The molecule has 34 heavy (non-hydrogen) atoms. The van der Waals surface area contributed by atoms with Gasteiger partial charge in [0.25, 0.3) is 0 Å². The highest BCUT2D eigenvalue weighted by molar-refractivity contribution is 14.1. The number of halogens is 1. The highest BCUT2D eigenvalue weighted by Gasteiger charge is 2.74. The van der Waals surface area contributed by atoms with Crippen LogP contribution in [0.5, 0.6) is 0 Å². The fourth-order valence-electron chi connectivity index (χ4n) is 5.44. The number of Topliss-reactive ketones (excluding diaryl/α,β-unsaturated/α-hetero) is 2. The number of carbonyl (C=O) groups is 4. The summed E-state index contributed by atoms with van der Waals surface area (Å²) in [6.07, 6.45) is -0.907. The number of imide groups is 1. The van der Waals surface area contributed by atoms with E-state index in [0.717, 1.165) is 14.0 Å². The van der Waals surface area contributed by atoms with Crippen molar-refractivity contribution in [2.45, 2.75) is 18.6 Å². The van der Waals surface area contributed by atoms with Crippen molar-refractivity contribution in [3.8, 4) is 0 Å². The number of ketones is 2. The van der Waals surface area contributed by atoms with Gasteiger partial charge in [0.2, 0.25) is 29.0 Å². The van der Waals surface area contributed by atoms with Crippen LogP contribution >= 0.6 is 22.6 Å². The number of anilines is 1. The van der Waals surface area contributed by atoms with Crippen LogP contribution < -0.4 is 4.90 Å². The third-order valence-electron chi connectivity index (χ3n) is 7.02. The van der Waals surface area contributed by atoms with Gasteiger partial charge in [-0.2, -0.15) is 0 Å². The zero-order chi connectivity index (χ0) is 23.8. The van der Waals surface area contributed by atoms with Gasteiger partial charge in [-0.25, -0.2) is 4.90 Å². The van der Waals surface area contributed by atoms with E-state index in [2.05, 4.69) is 22.6 Å². The topological polar surface area (TPSA) is 80.8 Å². The summed E-state index contributed by atoms with van der Waals surface area (Å²) in [5.41, 5.74) is 0.516. The monoisotopic (exact) mass is 563 g/mol. The van der Waals surface area contributed by atoms with Gasteiger partial charge in [-0.1, -0.05) is 66.2 Å². The highest BCUT2D eigenvalue weighted by atomic mass is 127. The van der Waals surface area contributed by atoms with Gasteiger partial charge in [-0.05, 0) is 47.2 Å². The maximum atomic E-state index is 13.9. The van der Waals surface area contributed by atoms with Gasteiger partial charge in [0.15, 0.2) is 0 Å². The second-order valence-electron chi connectivity index (χ2n) is 8.86. The zero-order valence-corrected chi connectivity index (χ0v) is 20.2. The molecule has 3 aliphatic rings. The van der Waals surface area contributed by atoms with Crippen LogP contribution in [0.4, 0.5) is 5.69 Å². The molecule has 2 amide bonds. The predicted octanol–water partition coefficient (Wildman–Crippen LogP) is 4.29. The second kappa shape index (κ2) is 7.41. The fraction of sp³-hybridized carbons (Fsp3) is 0.185. The van der Waals surface area contributed by atoms with E-state index < -0.39 is 46.9 Å². The molecule has 0 N–H and O–H groups in total. The number of ether oxygens (including phenoxy) is 1. The van der Waals surface area contributed by atoms with E-state index in [1.165, 1.54) is 0 Å². The first kappa shape index (κ1) is 21.4. The average molecular weight is 563 g/mol. The highest BCUT2D eigenvalue weighted by Crippen LogP contribution is 2.57. The molecule has 6 rings (SSSR count). The van der Waals surface area contributed by atoms with Gasteiger partial charge in [0.1, 0.15) is 0 Å². The van der Waals surface area contributed by atoms with Gasteiger partial charge in [-0.15, -0.1) is 0 Å². The molecule has 6 nitrogen and oxygen atoms in total. The molecule has 2 fully saturated rings. The number of rotatable bonds is 2. The molecule has 3 aromatic carbocycles. The van der Waals surface area contributed by atoms with E-state index in [1.807, 2.05) is 37.3 Å². The average Bonchev–Trinajstić information content (AvgIpc) is 3.40. The van der Waals surface area contributed by atoms with Crippen LogP contribution in [-0.2, 0) is 14.3 Å². The van der Waals surface area contributed by atoms with Crippen LogP contribution in [0, 0.1) is 22.3 Å². The first-order chi connectivity index (χ1) is 16.4. The summed E-state index contributed by atoms with van der Waals surface area (Å²) < 4.78 is 7.01. The number of hydrogen-bond acceptors (Lipinski definition) is 5. The summed E-state index contributed by atoms with van der Waals surface area (Å²) in [4.78, 5) is 56.3. The molecule has 0 aromatic heterocycles. The Balaban J connectivity index is 1.56. The molecule has 0 unspecified atom stereocenters. The van der Waals surface area contributed by atoms with Crippen molar-refractivity contribution < 1.29 is 23.9 Å². The largest absolute Gasteiger partial charge is 0.349 e. The predicted molar refractivity (Wildman–Crippen MR) is 131 cm³/mol. The summed E-state index contributed by atoms with van der Waals surface area (Å²) in [7, 11) is 0. The quantitative estimate of drug-likeness (QED) is 0.264. The van der Waals surface area contributed by atoms with Gasteiger partial charge >= 0.3 is 0 Å². The van der Waals surface area contributed by atoms with E-state index in [1.54, 1.807) is 42.5 Å². The normalized spacial score (nSPS) is 24.8. The summed E-state index contributed by atoms with van der Waals surface area (Å²) in [5.74, 6) is -4.38. The number of aryl methyl sites for hydroxylation is 1. The molecule has 3 aromatic rings. The Kier molecular flexibility index (Phi) is 4.66. The minimum atomic E-state index is -2.05. The molecular weight excluding hydrogens is 545 g/mol. The molecule has 0 radical (unpaired) electrons. The smallest absolute Gasteiger partial charge is 0.241 e. The number of hydrogen-bond donors (Lipinski definition) is 0. The van der Waals surface area contributed by atoms with Crippen molar-refractivity contribution in [2.75, 3.05) is 4.90 Å². The summed E-state index contributed by atoms with van der Waals surface area (Å²) >= 11 is 2.07. The minimum absolute atomic E-state index is 0.226. The maximum Gasteiger partial charge on any atom is 0.241 e. The molecule has 0 bridgehead atoms. The van der Waals surface area contributed by atoms with E-state index >= 15 is 0 Å². The molecule has 2 saturated heterocycles. The van der Waals surface area contributed by atoms with Crippen LogP contribution in [0.15, 0.2) is 72.8 Å². The van der Waals surface area contributed by atoms with Gasteiger partial charge in [0.05, 0.1) is 23.6 Å². The lowest BCUT2D eigenvalue weighted by Gasteiger charge is -2.27. The Labute approximate surface area is 209 Å². The molecule has 3 atom stereocenters. The van der Waals surface area contributed by atoms with Crippen LogP contribution in [-0.4, -0.2) is 29.0 Å². The summed E-state index contributed by atoms with van der Waals surface area (Å²) in [5, 5.41) is 0. The lowest BCUT2D eigenvalue weighted by molar-refractivity contribution is -0.127. The van der Waals surface area contributed by atoms with E-state index in [-0.39, 0.29) is 11.1 Å². The maximum absolute atomic E-state index is 13.9. The lowest BCUT2D eigenvalue weighted by atomic mass is 9.77. The first-order valence-electron chi connectivity index (χ1n) is 10.9. The molecule has 1 aliphatic carbocycles. The van der Waals surface area contributed by atoms with Crippen molar-refractivity contribution in [1.82, 2.24) is 0 Å². The fourth-order valence-corrected chi connectivity index (χ4v) is 6.07. The van der Waals surface area contributed by atoms with E-state index in [4.69, 9.17) is 4.74 Å². The minimum Gasteiger partial charge on any atom is -0.349 e. The molecule has 2 aliphatic heterocycles. The molecule has 168 valence electrons. The zero-order valence-electron chi connectivity index (χ0n) is 18.0. The summed E-state index contributed by atoms with van der Waals surface area (Å²) in [6.45, 7) is 1.94. The Morgan fingerprint density at radius 2 is 1.38 bits per heavy atom. The van der Waals surface area contributed by atoms with Crippen molar-refractivity contribution in [3.05, 3.63) is 98.6 Å². The molecule has 0 saturated carbocycles. The number of para-hydroxylation sites is 1. The van der Waals surface area contributed by atoms with E-state index in [9.17, 15) is 19.2 Å².